The normalized spacial score (nSPS) is 15.9. The van der Waals surface area contributed by atoms with Crippen LogP contribution >= 0.6 is 11.3 Å². The van der Waals surface area contributed by atoms with Gasteiger partial charge in [0.25, 0.3) is 5.91 Å². The fourth-order valence-electron chi connectivity index (χ4n) is 3.03. The number of rotatable bonds is 7. The van der Waals surface area contributed by atoms with E-state index in [0.717, 1.165) is 4.88 Å². The van der Waals surface area contributed by atoms with Crippen LogP contribution in [-0.4, -0.2) is 60.4 Å². The van der Waals surface area contributed by atoms with Gasteiger partial charge in [0.2, 0.25) is 5.91 Å². The monoisotopic (exact) mass is 405 g/mol. The number of amides is 2. The molecule has 2 heterocycles. The molecule has 1 aromatic heterocycles. The Morgan fingerprint density at radius 3 is 2.54 bits per heavy atom. The molecule has 0 spiro atoms. The van der Waals surface area contributed by atoms with Gasteiger partial charge in [-0.1, -0.05) is 6.07 Å². The van der Waals surface area contributed by atoms with Crippen molar-refractivity contribution in [3.8, 4) is 5.75 Å². The minimum atomic E-state index is -0.344. The number of carbonyl (C=O) groups excluding carboxylic acids is 2. The fourth-order valence-corrected chi connectivity index (χ4v) is 3.67. The zero-order valence-corrected chi connectivity index (χ0v) is 16.6. The van der Waals surface area contributed by atoms with Gasteiger partial charge in [0.05, 0.1) is 12.6 Å². The second-order valence-electron chi connectivity index (χ2n) is 6.63. The highest BCUT2D eigenvalue weighted by atomic mass is 32.1. The van der Waals surface area contributed by atoms with E-state index in [1.54, 1.807) is 16.2 Å². The van der Waals surface area contributed by atoms with Crippen molar-refractivity contribution in [3.63, 3.8) is 0 Å². The first-order chi connectivity index (χ1) is 13.5. The van der Waals surface area contributed by atoms with E-state index in [9.17, 15) is 14.0 Å². The zero-order chi connectivity index (χ0) is 19.9. The lowest BCUT2D eigenvalue weighted by Crippen LogP contribution is -2.55. The number of hydrogen-bond acceptors (Lipinski definition) is 5. The van der Waals surface area contributed by atoms with Crippen LogP contribution in [0.1, 0.15) is 11.8 Å². The molecule has 8 heteroatoms. The molecule has 2 amide bonds. The second kappa shape index (κ2) is 9.66. The number of halogens is 1. The van der Waals surface area contributed by atoms with Crippen molar-refractivity contribution >= 4 is 23.2 Å². The minimum absolute atomic E-state index is 0.00665. The molecule has 1 aliphatic rings. The Morgan fingerprint density at radius 2 is 1.89 bits per heavy atom. The number of piperazine rings is 1. The molecule has 0 aliphatic carbocycles. The third kappa shape index (κ3) is 5.53. The Hall–Kier alpha value is -2.45. The molecule has 2 aromatic rings. The summed E-state index contributed by atoms with van der Waals surface area (Å²) in [5, 5.41) is 4.95. The number of benzene rings is 1. The molecule has 1 fully saturated rings. The van der Waals surface area contributed by atoms with Crippen LogP contribution < -0.4 is 10.1 Å². The smallest absolute Gasteiger partial charge is 0.260 e. The van der Waals surface area contributed by atoms with E-state index in [1.165, 1.54) is 24.3 Å². The predicted octanol–water partition coefficient (Wildman–Crippen LogP) is 2.12. The van der Waals surface area contributed by atoms with Gasteiger partial charge in [0.15, 0.2) is 6.61 Å². The Bertz CT molecular complexity index is 775. The van der Waals surface area contributed by atoms with Crippen LogP contribution in [0.5, 0.6) is 5.75 Å². The summed E-state index contributed by atoms with van der Waals surface area (Å²) in [5.74, 6) is -0.000594. The van der Waals surface area contributed by atoms with Crippen molar-refractivity contribution in [2.75, 3.05) is 32.8 Å². The minimum Gasteiger partial charge on any atom is -0.484 e. The van der Waals surface area contributed by atoms with Crippen molar-refractivity contribution in [2.24, 2.45) is 0 Å². The highest BCUT2D eigenvalue weighted by Crippen LogP contribution is 2.13. The Balaban J connectivity index is 1.39. The molecule has 1 N–H and O–H groups in total. The Kier molecular flexibility index (Phi) is 7.00. The molecular formula is C20H24FN3O3S. The first kappa shape index (κ1) is 20.3. The second-order valence-corrected chi connectivity index (χ2v) is 7.66. The lowest BCUT2D eigenvalue weighted by Gasteiger charge is -2.37. The van der Waals surface area contributed by atoms with Crippen LogP contribution in [0, 0.1) is 5.82 Å². The molecule has 1 atom stereocenters. The molecule has 1 unspecified atom stereocenters. The van der Waals surface area contributed by atoms with E-state index < -0.39 is 0 Å². The van der Waals surface area contributed by atoms with Gasteiger partial charge < -0.3 is 15.0 Å². The molecule has 0 bridgehead atoms. The standard InChI is InChI=1S/C20H24FN3O3S/c1-15(20(26)22-13-18-3-2-12-28-18)23-8-10-24(11-9-23)19(25)14-27-17-6-4-16(21)5-7-17/h2-7,12,15H,8-11,13-14H2,1H3,(H,22,26). The molecule has 6 nitrogen and oxygen atoms in total. The van der Waals surface area contributed by atoms with Gasteiger partial charge in [-0.2, -0.15) is 0 Å². The van der Waals surface area contributed by atoms with Gasteiger partial charge in [0, 0.05) is 31.1 Å². The molecule has 1 aromatic carbocycles. The summed E-state index contributed by atoms with van der Waals surface area (Å²) in [5.41, 5.74) is 0. The zero-order valence-electron chi connectivity index (χ0n) is 15.8. The largest absolute Gasteiger partial charge is 0.484 e. The van der Waals surface area contributed by atoms with E-state index in [0.29, 0.717) is 38.5 Å². The molecule has 0 radical (unpaired) electrons. The lowest BCUT2D eigenvalue weighted by atomic mass is 10.2. The van der Waals surface area contributed by atoms with Crippen LogP contribution in [-0.2, 0) is 16.1 Å². The summed E-state index contributed by atoms with van der Waals surface area (Å²) < 4.78 is 18.3. The summed E-state index contributed by atoms with van der Waals surface area (Å²) in [7, 11) is 0. The third-order valence-electron chi connectivity index (χ3n) is 4.79. The van der Waals surface area contributed by atoms with Crippen molar-refractivity contribution in [3.05, 3.63) is 52.5 Å². The number of ether oxygens (including phenoxy) is 1. The summed E-state index contributed by atoms with van der Waals surface area (Å²) in [6, 6.07) is 9.30. The van der Waals surface area contributed by atoms with Crippen LogP contribution in [0.3, 0.4) is 0 Å². The molecule has 150 valence electrons. The summed E-state index contributed by atoms with van der Waals surface area (Å²) in [4.78, 5) is 29.6. The van der Waals surface area contributed by atoms with Crippen molar-refractivity contribution in [1.82, 2.24) is 15.1 Å². The van der Waals surface area contributed by atoms with E-state index in [2.05, 4.69) is 10.2 Å². The van der Waals surface area contributed by atoms with Gasteiger partial charge in [-0.15, -0.1) is 11.3 Å². The summed E-state index contributed by atoms with van der Waals surface area (Å²) in [6.45, 7) is 4.72. The average molecular weight is 405 g/mol. The van der Waals surface area contributed by atoms with Gasteiger partial charge in [-0.25, -0.2) is 4.39 Å². The summed E-state index contributed by atoms with van der Waals surface area (Å²) >= 11 is 1.62. The molecular weight excluding hydrogens is 381 g/mol. The number of hydrogen-bond donors (Lipinski definition) is 1. The predicted molar refractivity (Wildman–Crippen MR) is 106 cm³/mol. The number of nitrogens with one attached hydrogen (secondary N) is 1. The third-order valence-corrected chi connectivity index (χ3v) is 5.66. The highest BCUT2D eigenvalue weighted by Gasteiger charge is 2.27. The maximum Gasteiger partial charge on any atom is 0.260 e. The van der Waals surface area contributed by atoms with Crippen LogP contribution in [0.25, 0.3) is 0 Å². The summed E-state index contributed by atoms with van der Waals surface area (Å²) in [6.07, 6.45) is 0. The molecule has 1 saturated heterocycles. The van der Waals surface area contributed by atoms with Crippen LogP contribution in [0.2, 0.25) is 0 Å². The molecule has 3 rings (SSSR count). The van der Waals surface area contributed by atoms with Crippen LogP contribution in [0.15, 0.2) is 41.8 Å². The number of thiophene rings is 1. The first-order valence-electron chi connectivity index (χ1n) is 9.23. The van der Waals surface area contributed by atoms with E-state index in [-0.39, 0.29) is 30.3 Å². The SMILES string of the molecule is CC(C(=O)NCc1cccs1)N1CCN(C(=O)COc2ccc(F)cc2)CC1. The quantitative estimate of drug-likeness (QED) is 0.767. The first-order valence-corrected chi connectivity index (χ1v) is 10.1. The van der Waals surface area contributed by atoms with Crippen LogP contribution in [0.4, 0.5) is 4.39 Å². The maximum absolute atomic E-state index is 12.9. The molecule has 28 heavy (non-hydrogen) atoms. The Morgan fingerprint density at radius 1 is 1.18 bits per heavy atom. The maximum atomic E-state index is 12.9. The average Bonchev–Trinajstić information content (AvgIpc) is 3.24. The van der Waals surface area contributed by atoms with Gasteiger partial charge in [-0.3, -0.25) is 14.5 Å². The van der Waals surface area contributed by atoms with Gasteiger partial charge >= 0.3 is 0 Å². The highest BCUT2D eigenvalue weighted by molar-refractivity contribution is 7.09. The van der Waals surface area contributed by atoms with Crippen molar-refractivity contribution < 1.29 is 18.7 Å². The van der Waals surface area contributed by atoms with Gasteiger partial charge in [0.1, 0.15) is 11.6 Å². The number of carbonyl (C=O) groups is 2. The molecule has 1 aliphatic heterocycles. The lowest BCUT2D eigenvalue weighted by molar-refractivity contribution is -0.136. The fraction of sp³-hybridized carbons (Fsp3) is 0.400. The number of nitrogens with zero attached hydrogens (tertiary/aromatic N) is 2. The van der Waals surface area contributed by atoms with E-state index in [1.807, 2.05) is 24.4 Å². The molecule has 0 saturated carbocycles. The topological polar surface area (TPSA) is 61.9 Å². The van der Waals surface area contributed by atoms with Crippen molar-refractivity contribution in [1.29, 1.82) is 0 Å². The van der Waals surface area contributed by atoms with E-state index in [4.69, 9.17) is 4.74 Å². The van der Waals surface area contributed by atoms with Gasteiger partial charge in [-0.05, 0) is 42.6 Å². The van der Waals surface area contributed by atoms with Crippen molar-refractivity contribution in [2.45, 2.75) is 19.5 Å². The van der Waals surface area contributed by atoms with E-state index >= 15 is 0 Å². The Labute approximate surface area is 167 Å².